The van der Waals surface area contributed by atoms with Crippen LogP contribution in [0.5, 0.6) is 5.75 Å². The molecule has 0 spiro atoms. The second kappa shape index (κ2) is 10.8. The highest BCUT2D eigenvalue weighted by molar-refractivity contribution is 7.77. The minimum atomic E-state index is -2.49. The lowest BCUT2D eigenvalue weighted by molar-refractivity contribution is 0.0824. The highest BCUT2D eigenvalue weighted by Gasteiger charge is 2.25. The maximum atomic E-state index is 12.3. The normalized spacial score (nSPS) is 14.7. The van der Waals surface area contributed by atoms with Crippen LogP contribution in [0.25, 0.3) is 0 Å². The number of para-hydroxylation sites is 1. The number of carbonyl (C=O) groups excluding carboxylic acids is 1. The van der Waals surface area contributed by atoms with Crippen LogP contribution in [0, 0.1) is 5.92 Å². The monoisotopic (exact) mass is 491 g/mol. The average Bonchev–Trinajstić information content (AvgIpc) is 3.21. The van der Waals surface area contributed by atoms with Gasteiger partial charge in [0.2, 0.25) is 0 Å². The fraction of sp³-hybridized carbons (Fsp3) is 0.435. The molecule has 0 saturated carbocycles. The third-order valence-electron chi connectivity index (χ3n) is 5.00. The second-order valence-corrected chi connectivity index (χ2v) is 10.1. The van der Waals surface area contributed by atoms with E-state index < -0.39 is 23.2 Å². The van der Waals surface area contributed by atoms with Crippen LogP contribution in [0.1, 0.15) is 62.3 Å². The molecule has 1 aromatic carbocycles. The van der Waals surface area contributed by atoms with Crippen molar-refractivity contribution in [2.45, 2.75) is 46.1 Å². The van der Waals surface area contributed by atoms with Crippen molar-refractivity contribution in [3.63, 3.8) is 0 Å². The first-order valence-electron chi connectivity index (χ1n) is 10.6. The van der Waals surface area contributed by atoms with E-state index in [1.165, 1.54) is 17.0 Å². The lowest BCUT2D eigenvalue weighted by Crippen LogP contribution is -2.38. The van der Waals surface area contributed by atoms with E-state index in [0.29, 0.717) is 5.76 Å². The summed E-state index contributed by atoms with van der Waals surface area (Å²) in [5.74, 6) is -0.668. The number of nitrogens with zero attached hydrogens (tertiary/aromatic N) is 3. The number of furan rings is 1. The van der Waals surface area contributed by atoms with Crippen molar-refractivity contribution in [3.8, 4) is 5.75 Å². The highest BCUT2D eigenvalue weighted by atomic mass is 32.2. The molecule has 1 amide bonds. The predicted molar refractivity (Wildman–Crippen MR) is 134 cm³/mol. The van der Waals surface area contributed by atoms with Crippen LogP contribution < -0.4 is 10.5 Å². The SMILES string of the molecule is CC(C)C(N=C(NS(=O)O)C(N)=Nc1cccc(C(=O)N(C)C)c1O)c1cc(C(C)(C)C)co1. The van der Waals surface area contributed by atoms with Crippen LogP contribution in [0.3, 0.4) is 0 Å². The summed E-state index contributed by atoms with van der Waals surface area (Å²) in [5.41, 5.74) is 7.04. The molecule has 2 aromatic rings. The Labute approximate surface area is 202 Å². The number of phenols is 1. The summed E-state index contributed by atoms with van der Waals surface area (Å²) in [5, 5.41) is 10.6. The Bertz CT molecular complexity index is 1120. The van der Waals surface area contributed by atoms with Crippen molar-refractivity contribution < 1.29 is 23.1 Å². The quantitative estimate of drug-likeness (QED) is 0.275. The Morgan fingerprint density at radius 3 is 2.41 bits per heavy atom. The minimum Gasteiger partial charge on any atom is -0.505 e. The predicted octanol–water partition coefficient (Wildman–Crippen LogP) is 3.50. The molecule has 0 saturated heterocycles. The third kappa shape index (κ3) is 6.67. The van der Waals surface area contributed by atoms with Gasteiger partial charge in [-0.05, 0) is 35.1 Å². The van der Waals surface area contributed by atoms with Crippen molar-refractivity contribution in [1.82, 2.24) is 9.62 Å². The molecule has 2 unspecified atom stereocenters. The molecule has 0 fully saturated rings. The van der Waals surface area contributed by atoms with Gasteiger partial charge in [-0.3, -0.25) is 19.1 Å². The number of hydrogen-bond acceptors (Lipinski definition) is 6. The summed E-state index contributed by atoms with van der Waals surface area (Å²) >= 11 is -2.49. The Balaban J connectivity index is 2.55. The number of aliphatic imine (C=N–C) groups is 2. The van der Waals surface area contributed by atoms with Gasteiger partial charge < -0.3 is 20.2 Å². The molecule has 5 N–H and O–H groups in total. The lowest BCUT2D eigenvalue weighted by Gasteiger charge is -2.17. The van der Waals surface area contributed by atoms with Gasteiger partial charge in [-0.15, -0.1) is 0 Å². The van der Waals surface area contributed by atoms with Gasteiger partial charge in [-0.1, -0.05) is 40.7 Å². The third-order valence-corrected chi connectivity index (χ3v) is 5.36. The largest absolute Gasteiger partial charge is 0.505 e. The van der Waals surface area contributed by atoms with E-state index in [0.717, 1.165) is 5.56 Å². The number of hydrogen-bond donors (Lipinski definition) is 4. The van der Waals surface area contributed by atoms with E-state index in [4.69, 9.17) is 10.2 Å². The summed E-state index contributed by atoms with van der Waals surface area (Å²) in [6, 6.07) is 5.83. The van der Waals surface area contributed by atoms with Crippen LogP contribution in [-0.4, -0.2) is 50.4 Å². The maximum absolute atomic E-state index is 12.3. The lowest BCUT2D eigenvalue weighted by atomic mass is 9.88. The molecular weight excluding hydrogens is 458 g/mol. The zero-order valence-electron chi connectivity index (χ0n) is 20.5. The number of phenolic OH excluding ortho intramolecular Hbond substituents is 1. The van der Waals surface area contributed by atoms with E-state index in [1.807, 2.05) is 19.9 Å². The van der Waals surface area contributed by atoms with Gasteiger partial charge in [0, 0.05) is 14.1 Å². The van der Waals surface area contributed by atoms with Crippen molar-refractivity contribution in [3.05, 3.63) is 47.4 Å². The van der Waals surface area contributed by atoms with Crippen LogP contribution in [0.2, 0.25) is 0 Å². The molecular formula is C23H33N5O5S. The van der Waals surface area contributed by atoms with E-state index in [9.17, 15) is 18.7 Å². The van der Waals surface area contributed by atoms with E-state index in [1.54, 1.807) is 26.4 Å². The second-order valence-electron chi connectivity index (χ2n) is 9.38. The van der Waals surface area contributed by atoms with Gasteiger partial charge in [0.05, 0.1) is 11.8 Å². The van der Waals surface area contributed by atoms with E-state index >= 15 is 0 Å². The fourth-order valence-corrected chi connectivity index (χ4v) is 3.35. The molecule has 0 aliphatic heterocycles. The number of benzene rings is 1. The Hall–Kier alpha value is -3.18. The number of amides is 1. The van der Waals surface area contributed by atoms with E-state index in [2.05, 4.69) is 35.5 Å². The summed E-state index contributed by atoms with van der Waals surface area (Å²) < 4.78 is 29.1. The number of nitrogens with two attached hydrogens (primary N) is 1. The molecule has 1 heterocycles. The molecule has 10 nitrogen and oxygen atoms in total. The Morgan fingerprint density at radius 2 is 1.91 bits per heavy atom. The van der Waals surface area contributed by atoms with Gasteiger partial charge in [0.1, 0.15) is 17.5 Å². The number of amidine groups is 2. The molecule has 0 bridgehead atoms. The summed E-state index contributed by atoms with van der Waals surface area (Å²) in [6.07, 6.45) is 1.67. The molecule has 186 valence electrons. The van der Waals surface area contributed by atoms with Gasteiger partial charge in [-0.2, -0.15) is 0 Å². The first-order chi connectivity index (χ1) is 15.7. The van der Waals surface area contributed by atoms with Crippen LogP contribution >= 0.6 is 0 Å². The number of nitrogens with one attached hydrogen (secondary N) is 1. The topological polar surface area (TPSA) is 154 Å². The molecule has 2 rings (SSSR count). The molecule has 2 atom stereocenters. The summed E-state index contributed by atoms with van der Waals surface area (Å²) in [6.45, 7) is 10.0. The molecule has 0 radical (unpaired) electrons. The van der Waals surface area contributed by atoms with Gasteiger partial charge in [-0.25, -0.2) is 9.20 Å². The number of carbonyl (C=O) groups is 1. The first kappa shape index (κ1) is 27.1. The number of aromatic hydroxyl groups is 1. The first-order valence-corrected chi connectivity index (χ1v) is 11.8. The zero-order chi connectivity index (χ0) is 25.8. The number of rotatable bonds is 6. The molecule has 0 aliphatic rings. The van der Waals surface area contributed by atoms with Crippen LogP contribution in [0.15, 0.2) is 44.9 Å². The van der Waals surface area contributed by atoms with Crippen molar-refractivity contribution >= 4 is 34.5 Å². The Kier molecular flexibility index (Phi) is 8.62. The van der Waals surface area contributed by atoms with Crippen LogP contribution in [0.4, 0.5) is 5.69 Å². The zero-order valence-corrected chi connectivity index (χ0v) is 21.3. The van der Waals surface area contributed by atoms with Crippen molar-refractivity contribution in [2.75, 3.05) is 14.1 Å². The summed E-state index contributed by atoms with van der Waals surface area (Å²) in [7, 11) is 3.12. The minimum absolute atomic E-state index is 0.0116. The Morgan fingerprint density at radius 1 is 1.26 bits per heavy atom. The smallest absolute Gasteiger partial charge is 0.260 e. The van der Waals surface area contributed by atoms with Crippen molar-refractivity contribution in [2.24, 2.45) is 21.6 Å². The van der Waals surface area contributed by atoms with Gasteiger partial charge >= 0.3 is 0 Å². The van der Waals surface area contributed by atoms with Crippen molar-refractivity contribution in [1.29, 1.82) is 0 Å². The molecule has 0 aliphatic carbocycles. The molecule has 1 aromatic heterocycles. The van der Waals surface area contributed by atoms with Gasteiger partial charge in [0.25, 0.3) is 17.2 Å². The maximum Gasteiger partial charge on any atom is 0.260 e. The molecule has 11 heteroatoms. The van der Waals surface area contributed by atoms with E-state index in [-0.39, 0.29) is 40.0 Å². The molecule has 34 heavy (non-hydrogen) atoms. The fourth-order valence-electron chi connectivity index (χ4n) is 3.03. The summed E-state index contributed by atoms with van der Waals surface area (Å²) in [4.78, 5) is 22.3. The average molecular weight is 492 g/mol. The standard InChI is InChI=1S/C23H33N5O5S/c1-13(2)18(17-11-14(12-33-17)23(3,4)5)26-21(27-34(31)32)20(24)25-16-10-8-9-15(19(16)29)22(30)28(6)7/h8-13,18,29H,1-7H3,(H2,24,25)(H,26,27)(H,31,32). The highest BCUT2D eigenvalue weighted by Crippen LogP contribution is 2.33. The van der Waals surface area contributed by atoms with Crippen LogP contribution in [-0.2, 0) is 16.7 Å². The van der Waals surface area contributed by atoms with Gasteiger partial charge in [0.15, 0.2) is 17.4 Å².